The average molecular weight is 240 g/mol. The van der Waals surface area contributed by atoms with Crippen LogP contribution >= 0.6 is 0 Å². The Morgan fingerprint density at radius 3 is 2.41 bits per heavy atom. The third-order valence-electron chi connectivity index (χ3n) is 2.70. The normalized spacial score (nSPS) is 10.9. The van der Waals surface area contributed by atoms with E-state index in [1.165, 1.54) is 6.07 Å². The minimum absolute atomic E-state index is 0.123. The Kier molecular flexibility index (Phi) is 5.38. The van der Waals surface area contributed by atoms with E-state index in [0.717, 1.165) is 19.5 Å². The van der Waals surface area contributed by atoms with Gasteiger partial charge < -0.3 is 14.9 Å². The van der Waals surface area contributed by atoms with Crippen LogP contribution in [0.4, 0.5) is 10.1 Å². The topological polar surface area (TPSA) is 26.7 Å². The van der Waals surface area contributed by atoms with Crippen LogP contribution in [0, 0.1) is 5.82 Å². The van der Waals surface area contributed by atoms with Gasteiger partial charge in [0.2, 0.25) is 0 Å². The number of rotatable bonds is 6. The van der Waals surface area contributed by atoms with Crippen LogP contribution in [0.1, 0.15) is 12.0 Å². The highest BCUT2D eigenvalue weighted by molar-refractivity contribution is 5.48. The van der Waals surface area contributed by atoms with Gasteiger partial charge in [-0.2, -0.15) is 0 Å². The Morgan fingerprint density at radius 2 is 1.88 bits per heavy atom. The molecule has 0 spiro atoms. The van der Waals surface area contributed by atoms with Crippen LogP contribution < -0.4 is 4.90 Å². The van der Waals surface area contributed by atoms with Crippen molar-refractivity contribution in [2.24, 2.45) is 0 Å². The van der Waals surface area contributed by atoms with Gasteiger partial charge in [-0.05, 0) is 44.8 Å². The molecule has 0 aliphatic heterocycles. The minimum Gasteiger partial charge on any atom is -0.392 e. The molecule has 96 valence electrons. The molecule has 0 aromatic heterocycles. The van der Waals surface area contributed by atoms with Crippen LogP contribution in [0.15, 0.2) is 18.2 Å². The first-order valence-corrected chi connectivity index (χ1v) is 5.79. The maximum atomic E-state index is 13.7. The van der Waals surface area contributed by atoms with Crippen LogP contribution in [0.2, 0.25) is 0 Å². The molecule has 4 heteroatoms. The van der Waals surface area contributed by atoms with Crippen molar-refractivity contribution in [1.82, 2.24) is 4.90 Å². The molecule has 0 amide bonds. The Balaban J connectivity index is 2.59. The van der Waals surface area contributed by atoms with Gasteiger partial charge in [0.25, 0.3) is 0 Å². The number of hydrogen-bond acceptors (Lipinski definition) is 3. The molecule has 1 aromatic rings. The zero-order chi connectivity index (χ0) is 12.8. The summed E-state index contributed by atoms with van der Waals surface area (Å²) in [5, 5.41) is 8.91. The van der Waals surface area contributed by atoms with E-state index in [1.807, 2.05) is 26.0 Å². The zero-order valence-corrected chi connectivity index (χ0v) is 10.8. The molecule has 0 heterocycles. The average Bonchev–Trinajstić information content (AvgIpc) is 2.28. The summed E-state index contributed by atoms with van der Waals surface area (Å²) in [4.78, 5) is 4.01. The van der Waals surface area contributed by atoms with Crippen LogP contribution in [-0.4, -0.2) is 44.2 Å². The Morgan fingerprint density at radius 1 is 1.18 bits per heavy atom. The fourth-order valence-corrected chi connectivity index (χ4v) is 1.70. The van der Waals surface area contributed by atoms with E-state index in [-0.39, 0.29) is 12.4 Å². The Hall–Kier alpha value is -1.13. The quantitative estimate of drug-likeness (QED) is 0.820. The van der Waals surface area contributed by atoms with Gasteiger partial charge in [-0.1, -0.05) is 6.07 Å². The van der Waals surface area contributed by atoms with Gasteiger partial charge in [0.05, 0.1) is 12.3 Å². The molecule has 1 aromatic carbocycles. The first-order valence-electron chi connectivity index (χ1n) is 5.79. The molecule has 0 aliphatic rings. The number of aliphatic hydroxyl groups excluding tert-OH is 1. The maximum absolute atomic E-state index is 13.7. The second-order valence-corrected chi connectivity index (χ2v) is 4.52. The molecule has 0 radical (unpaired) electrons. The molecular formula is C13H21FN2O. The summed E-state index contributed by atoms with van der Waals surface area (Å²) in [6, 6.07) is 4.86. The predicted octanol–water partition coefficient (Wildman–Crippen LogP) is 1.71. The lowest BCUT2D eigenvalue weighted by Crippen LogP contribution is -2.24. The summed E-state index contributed by atoms with van der Waals surface area (Å²) in [6.45, 7) is 1.68. The molecule has 0 fully saturated rings. The lowest BCUT2D eigenvalue weighted by molar-refractivity contribution is 0.281. The van der Waals surface area contributed by atoms with E-state index in [1.54, 1.807) is 12.1 Å². The van der Waals surface area contributed by atoms with Crippen molar-refractivity contribution in [3.63, 3.8) is 0 Å². The maximum Gasteiger partial charge on any atom is 0.146 e. The van der Waals surface area contributed by atoms with Crippen LogP contribution in [0.5, 0.6) is 0 Å². The van der Waals surface area contributed by atoms with Gasteiger partial charge in [0.1, 0.15) is 5.82 Å². The van der Waals surface area contributed by atoms with Crippen molar-refractivity contribution in [1.29, 1.82) is 0 Å². The fourth-order valence-electron chi connectivity index (χ4n) is 1.70. The lowest BCUT2D eigenvalue weighted by Gasteiger charge is -2.21. The molecular weight excluding hydrogens is 219 g/mol. The smallest absolute Gasteiger partial charge is 0.146 e. The highest BCUT2D eigenvalue weighted by atomic mass is 19.1. The van der Waals surface area contributed by atoms with Gasteiger partial charge >= 0.3 is 0 Å². The van der Waals surface area contributed by atoms with Crippen molar-refractivity contribution >= 4 is 5.69 Å². The number of halogens is 1. The number of anilines is 1. The van der Waals surface area contributed by atoms with E-state index in [2.05, 4.69) is 4.90 Å². The van der Waals surface area contributed by atoms with E-state index in [4.69, 9.17) is 5.11 Å². The summed E-state index contributed by atoms with van der Waals surface area (Å²) in [7, 11) is 5.93. The summed E-state index contributed by atoms with van der Waals surface area (Å²) in [5.41, 5.74) is 1.19. The molecule has 0 saturated heterocycles. The molecule has 0 unspecified atom stereocenters. The SMILES string of the molecule is CN(C)CCCN(C)c1ccc(CO)cc1F. The second kappa shape index (κ2) is 6.57. The molecule has 17 heavy (non-hydrogen) atoms. The molecule has 0 aliphatic carbocycles. The molecule has 0 atom stereocenters. The van der Waals surface area contributed by atoms with Crippen molar-refractivity contribution in [3.05, 3.63) is 29.6 Å². The van der Waals surface area contributed by atoms with Crippen LogP contribution in [0.3, 0.4) is 0 Å². The molecule has 0 saturated carbocycles. The summed E-state index contributed by atoms with van der Waals surface area (Å²) in [5.74, 6) is -0.274. The first-order chi connectivity index (χ1) is 8.04. The first kappa shape index (κ1) is 13.9. The van der Waals surface area contributed by atoms with Crippen molar-refractivity contribution < 1.29 is 9.50 Å². The molecule has 3 nitrogen and oxygen atoms in total. The van der Waals surface area contributed by atoms with Gasteiger partial charge in [0.15, 0.2) is 0 Å². The fraction of sp³-hybridized carbons (Fsp3) is 0.538. The number of benzene rings is 1. The summed E-state index contributed by atoms with van der Waals surface area (Å²) < 4.78 is 13.7. The van der Waals surface area contributed by atoms with Gasteiger partial charge in [-0.25, -0.2) is 4.39 Å². The van der Waals surface area contributed by atoms with E-state index >= 15 is 0 Å². The predicted molar refractivity (Wildman–Crippen MR) is 68.8 cm³/mol. The van der Waals surface area contributed by atoms with Crippen molar-refractivity contribution in [2.75, 3.05) is 39.1 Å². The highest BCUT2D eigenvalue weighted by Crippen LogP contribution is 2.19. The minimum atomic E-state index is -0.274. The second-order valence-electron chi connectivity index (χ2n) is 4.52. The van der Waals surface area contributed by atoms with Gasteiger partial charge in [0, 0.05) is 13.6 Å². The summed E-state index contributed by atoms with van der Waals surface area (Å²) >= 11 is 0. The van der Waals surface area contributed by atoms with E-state index in [0.29, 0.717) is 11.3 Å². The van der Waals surface area contributed by atoms with E-state index < -0.39 is 0 Å². The van der Waals surface area contributed by atoms with Gasteiger partial charge in [-0.3, -0.25) is 0 Å². The zero-order valence-electron chi connectivity index (χ0n) is 10.8. The highest BCUT2D eigenvalue weighted by Gasteiger charge is 2.08. The van der Waals surface area contributed by atoms with Gasteiger partial charge in [-0.15, -0.1) is 0 Å². The van der Waals surface area contributed by atoms with E-state index in [9.17, 15) is 4.39 Å². The monoisotopic (exact) mass is 240 g/mol. The van der Waals surface area contributed by atoms with Crippen LogP contribution in [0.25, 0.3) is 0 Å². The van der Waals surface area contributed by atoms with Crippen molar-refractivity contribution in [2.45, 2.75) is 13.0 Å². The molecule has 1 N–H and O–H groups in total. The summed E-state index contributed by atoms with van der Waals surface area (Å²) in [6.07, 6.45) is 0.991. The lowest BCUT2D eigenvalue weighted by atomic mass is 10.2. The Labute approximate surface area is 102 Å². The standard InChI is InChI=1S/C13H21FN2O/c1-15(2)7-4-8-16(3)13-6-5-11(10-17)9-12(13)14/h5-6,9,17H,4,7-8,10H2,1-3H3. The molecule has 0 bridgehead atoms. The third kappa shape index (κ3) is 4.32. The van der Waals surface area contributed by atoms with Crippen LogP contribution in [-0.2, 0) is 6.61 Å². The molecule has 1 rings (SSSR count). The number of nitrogens with zero attached hydrogens (tertiary/aromatic N) is 2. The number of hydrogen-bond donors (Lipinski definition) is 1. The third-order valence-corrected chi connectivity index (χ3v) is 2.70. The largest absolute Gasteiger partial charge is 0.392 e. The van der Waals surface area contributed by atoms with Crippen molar-refractivity contribution in [3.8, 4) is 0 Å². The Bertz CT molecular complexity index is 355. The number of aliphatic hydroxyl groups is 1.